The molecule has 0 aromatic rings. The SMILES string of the molecule is CC(C)(C)[Si](C)(C)OC1=C[C@H](CCO)CCC1. The fourth-order valence-corrected chi connectivity index (χ4v) is 3.06. The van der Waals surface area contributed by atoms with Crippen molar-refractivity contribution in [3.05, 3.63) is 11.8 Å². The van der Waals surface area contributed by atoms with Crippen LogP contribution in [0, 0.1) is 5.92 Å². The minimum atomic E-state index is -1.68. The van der Waals surface area contributed by atoms with Gasteiger partial charge in [-0.25, -0.2) is 0 Å². The van der Waals surface area contributed by atoms with Crippen LogP contribution in [0.25, 0.3) is 0 Å². The number of aliphatic hydroxyl groups excluding tert-OH is 1. The zero-order chi connectivity index (χ0) is 13.1. The molecule has 100 valence electrons. The smallest absolute Gasteiger partial charge is 0.250 e. The number of allylic oxidation sites excluding steroid dienone is 2. The summed E-state index contributed by atoms with van der Waals surface area (Å²) in [5.41, 5.74) is 0. The van der Waals surface area contributed by atoms with E-state index in [1.165, 1.54) is 18.6 Å². The zero-order valence-electron chi connectivity index (χ0n) is 12.0. The molecule has 0 aliphatic heterocycles. The molecule has 17 heavy (non-hydrogen) atoms. The van der Waals surface area contributed by atoms with Crippen LogP contribution in [-0.4, -0.2) is 20.0 Å². The van der Waals surface area contributed by atoms with Crippen LogP contribution in [0.3, 0.4) is 0 Å². The van der Waals surface area contributed by atoms with E-state index >= 15 is 0 Å². The first-order chi connectivity index (χ1) is 7.76. The molecular formula is C14H28O2Si. The summed E-state index contributed by atoms with van der Waals surface area (Å²) in [4.78, 5) is 0. The molecule has 1 aliphatic rings. The Labute approximate surface area is 107 Å². The lowest BCUT2D eigenvalue weighted by molar-refractivity contribution is 0.255. The quantitative estimate of drug-likeness (QED) is 0.768. The summed E-state index contributed by atoms with van der Waals surface area (Å²) in [5.74, 6) is 1.70. The Morgan fingerprint density at radius 2 is 2.06 bits per heavy atom. The molecule has 1 atom stereocenters. The second-order valence-electron chi connectivity index (χ2n) is 6.66. The fraction of sp³-hybridized carbons (Fsp3) is 0.857. The van der Waals surface area contributed by atoms with Crippen LogP contribution >= 0.6 is 0 Å². The van der Waals surface area contributed by atoms with Crippen LogP contribution in [-0.2, 0) is 4.43 Å². The average molecular weight is 256 g/mol. The van der Waals surface area contributed by atoms with Gasteiger partial charge in [-0.3, -0.25) is 0 Å². The highest BCUT2D eigenvalue weighted by Crippen LogP contribution is 2.39. The third kappa shape index (κ3) is 4.14. The maximum absolute atomic E-state index is 9.01. The maximum atomic E-state index is 9.01. The number of rotatable bonds is 4. The molecule has 0 aromatic heterocycles. The van der Waals surface area contributed by atoms with E-state index in [0.29, 0.717) is 5.92 Å². The highest BCUT2D eigenvalue weighted by Gasteiger charge is 2.39. The molecule has 1 rings (SSSR count). The van der Waals surface area contributed by atoms with Crippen molar-refractivity contribution in [2.75, 3.05) is 6.61 Å². The van der Waals surface area contributed by atoms with E-state index in [0.717, 1.165) is 12.8 Å². The van der Waals surface area contributed by atoms with Gasteiger partial charge in [0, 0.05) is 13.0 Å². The van der Waals surface area contributed by atoms with E-state index < -0.39 is 8.32 Å². The van der Waals surface area contributed by atoms with Gasteiger partial charge in [-0.2, -0.15) is 0 Å². The van der Waals surface area contributed by atoms with Gasteiger partial charge in [0.15, 0.2) is 0 Å². The molecule has 2 nitrogen and oxygen atoms in total. The van der Waals surface area contributed by atoms with Gasteiger partial charge in [0.1, 0.15) is 0 Å². The minimum absolute atomic E-state index is 0.262. The number of hydrogen-bond acceptors (Lipinski definition) is 2. The van der Waals surface area contributed by atoms with Gasteiger partial charge in [0.05, 0.1) is 5.76 Å². The van der Waals surface area contributed by atoms with Crippen molar-refractivity contribution in [3.63, 3.8) is 0 Å². The van der Waals surface area contributed by atoms with Gasteiger partial charge < -0.3 is 9.53 Å². The van der Waals surface area contributed by atoms with E-state index in [4.69, 9.17) is 9.53 Å². The maximum Gasteiger partial charge on any atom is 0.250 e. The predicted molar refractivity (Wildman–Crippen MR) is 75.4 cm³/mol. The second kappa shape index (κ2) is 5.57. The van der Waals surface area contributed by atoms with Crippen molar-refractivity contribution < 1.29 is 9.53 Å². The summed E-state index contributed by atoms with van der Waals surface area (Å²) in [6.07, 6.45) is 6.62. The summed E-state index contributed by atoms with van der Waals surface area (Å²) in [5, 5.41) is 9.27. The Bertz CT molecular complexity index is 276. The second-order valence-corrected chi connectivity index (χ2v) is 11.4. The lowest BCUT2D eigenvalue weighted by atomic mass is 9.92. The third-order valence-corrected chi connectivity index (χ3v) is 8.50. The Morgan fingerprint density at radius 1 is 1.41 bits per heavy atom. The van der Waals surface area contributed by atoms with E-state index in [9.17, 15) is 0 Å². The summed E-state index contributed by atoms with van der Waals surface area (Å²) in [6, 6.07) is 0. The molecule has 0 spiro atoms. The summed E-state index contributed by atoms with van der Waals surface area (Å²) in [6.45, 7) is 11.7. The minimum Gasteiger partial charge on any atom is -0.547 e. The monoisotopic (exact) mass is 256 g/mol. The van der Waals surface area contributed by atoms with Crippen LogP contribution in [0.2, 0.25) is 18.1 Å². The van der Waals surface area contributed by atoms with Crippen molar-refractivity contribution >= 4 is 8.32 Å². The third-order valence-electron chi connectivity index (χ3n) is 4.11. The van der Waals surface area contributed by atoms with Crippen LogP contribution in [0.5, 0.6) is 0 Å². The standard InChI is InChI=1S/C14H28O2Si/c1-14(2,3)17(4,5)16-13-8-6-7-12(11-13)9-10-15/h11-12,15H,6-10H2,1-5H3/t12-/m0/s1. The fourth-order valence-electron chi connectivity index (χ4n) is 1.93. The topological polar surface area (TPSA) is 29.5 Å². The Hall–Kier alpha value is -0.283. The van der Waals surface area contributed by atoms with Crippen LogP contribution in [0.1, 0.15) is 46.5 Å². The molecule has 0 saturated carbocycles. The molecule has 1 N–H and O–H groups in total. The van der Waals surface area contributed by atoms with E-state index in [-0.39, 0.29) is 11.6 Å². The van der Waals surface area contributed by atoms with Gasteiger partial charge in [0.2, 0.25) is 8.32 Å². The Morgan fingerprint density at radius 3 is 2.59 bits per heavy atom. The molecule has 3 heteroatoms. The molecule has 0 fully saturated rings. The molecule has 0 bridgehead atoms. The van der Waals surface area contributed by atoms with Gasteiger partial charge in [-0.15, -0.1) is 0 Å². The normalized spacial score (nSPS) is 22.2. The van der Waals surface area contributed by atoms with Crippen molar-refractivity contribution in [3.8, 4) is 0 Å². The van der Waals surface area contributed by atoms with Crippen LogP contribution in [0.4, 0.5) is 0 Å². The zero-order valence-corrected chi connectivity index (χ0v) is 13.0. The molecule has 0 unspecified atom stereocenters. The van der Waals surface area contributed by atoms with Crippen molar-refractivity contribution in [1.29, 1.82) is 0 Å². The van der Waals surface area contributed by atoms with Gasteiger partial charge in [0.25, 0.3) is 0 Å². The molecule has 0 aromatic carbocycles. The van der Waals surface area contributed by atoms with Gasteiger partial charge in [-0.05, 0) is 49.4 Å². The molecule has 0 radical (unpaired) electrons. The predicted octanol–water partition coefficient (Wildman–Crippen LogP) is 4.07. The Balaban J connectivity index is 2.68. The van der Waals surface area contributed by atoms with Gasteiger partial charge >= 0.3 is 0 Å². The van der Waals surface area contributed by atoms with Crippen molar-refractivity contribution in [2.24, 2.45) is 5.92 Å². The van der Waals surface area contributed by atoms with Gasteiger partial charge in [-0.1, -0.05) is 20.8 Å². The molecule has 0 saturated heterocycles. The Kier molecular flexibility index (Phi) is 4.84. The summed E-state index contributed by atoms with van der Waals surface area (Å²) < 4.78 is 6.34. The molecule has 0 amide bonds. The summed E-state index contributed by atoms with van der Waals surface area (Å²) in [7, 11) is -1.68. The van der Waals surface area contributed by atoms with E-state index in [2.05, 4.69) is 39.9 Å². The molecular weight excluding hydrogens is 228 g/mol. The largest absolute Gasteiger partial charge is 0.547 e. The molecule has 1 aliphatic carbocycles. The molecule has 0 heterocycles. The number of hydrogen-bond donors (Lipinski definition) is 1. The van der Waals surface area contributed by atoms with Crippen molar-refractivity contribution in [2.45, 2.75) is 64.6 Å². The van der Waals surface area contributed by atoms with Crippen molar-refractivity contribution in [1.82, 2.24) is 0 Å². The first-order valence-electron chi connectivity index (χ1n) is 6.77. The van der Waals surface area contributed by atoms with E-state index in [1.807, 2.05) is 0 Å². The van der Waals surface area contributed by atoms with Crippen LogP contribution < -0.4 is 0 Å². The summed E-state index contributed by atoms with van der Waals surface area (Å²) >= 11 is 0. The highest BCUT2D eigenvalue weighted by molar-refractivity contribution is 6.74. The average Bonchev–Trinajstić information content (AvgIpc) is 2.16. The first kappa shape index (κ1) is 14.8. The highest BCUT2D eigenvalue weighted by atomic mass is 28.4. The first-order valence-corrected chi connectivity index (χ1v) is 9.67. The lowest BCUT2D eigenvalue weighted by Crippen LogP contribution is -2.40. The lowest BCUT2D eigenvalue weighted by Gasteiger charge is -2.38. The number of aliphatic hydroxyl groups is 1. The van der Waals surface area contributed by atoms with E-state index in [1.54, 1.807) is 0 Å². The van der Waals surface area contributed by atoms with Crippen LogP contribution in [0.15, 0.2) is 11.8 Å².